The van der Waals surface area contributed by atoms with Crippen molar-refractivity contribution < 1.29 is 0 Å². The summed E-state index contributed by atoms with van der Waals surface area (Å²) in [6, 6.07) is 19.5. The molecule has 152 valence electrons. The summed E-state index contributed by atoms with van der Waals surface area (Å²) >= 11 is 18.8. The molecule has 0 amide bonds. The molecule has 4 nitrogen and oxygen atoms in total. The number of halogens is 3. The van der Waals surface area contributed by atoms with Crippen molar-refractivity contribution in [2.24, 2.45) is 0 Å². The van der Waals surface area contributed by atoms with E-state index in [0.717, 1.165) is 37.6 Å². The van der Waals surface area contributed by atoms with E-state index >= 15 is 0 Å². The first-order valence-electron chi connectivity index (χ1n) is 9.58. The maximum absolute atomic E-state index is 8.97. The van der Waals surface area contributed by atoms with E-state index in [1.807, 2.05) is 36.4 Å². The minimum absolute atomic E-state index is 0.105. The lowest BCUT2D eigenvalue weighted by molar-refractivity contribution is 0.213. The molecule has 0 saturated carbocycles. The van der Waals surface area contributed by atoms with Crippen molar-refractivity contribution in [2.75, 3.05) is 24.5 Å². The first kappa shape index (κ1) is 21.0. The molecule has 0 bridgehead atoms. The van der Waals surface area contributed by atoms with Gasteiger partial charge in [0.1, 0.15) is 6.07 Å². The topological polar surface area (TPSA) is 43.2 Å². The average molecular weight is 458 g/mol. The van der Waals surface area contributed by atoms with Gasteiger partial charge in [-0.25, -0.2) is 0 Å². The molecule has 4 rings (SSSR count). The number of aromatic nitrogens is 1. The zero-order valence-corrected chi connectivity index (χ0v) is 18.4. The maximum atomic E-state index is 8.97. The summed E-state index contributed by atoms with van der Waals surface area (Å²) in [7, 11) is 0. The fourth-order valence-corrected chi connectivity index (χ4v) is 4.41. The normalized spacial score (nSPS) is 17.0. The van der Waals surface area contributed by atoms with E-state index < -0.39 is 0 Å². The Morgan fingerprint density at radius 1 is 0.967 bits per heavy atom. The summed E-state index contributed by atoms with van der Waals surface area (Å²) in [4.78, 5) is 9.12. The number of hydrogen-bond donors (Lipinski definition) is 0. The van der Waals surface area contributed by atoms with Gasteiger partial charge in [0.25, 0.3) is 0 Å². The maximum Gasteiger partial charge on any atom is 0.101 e. The fourth-order valence-electron chi connectivity index (χ4n) is 3.77. The molecule has 3 aromatic rings. The Labute approximate surface area is 191 Å². The van der Waals surface area contributed by atoms with Gasteiger partial charge in [0, 0.05) is 42.4 Å². The number of hydrogen-bond acceptors (Lipinski definition) is 4. The van der Waals surface area contributed by atoms with Crippen LogP contribution in [0, 0.1) is 11.3 Å². The molecule has 1 atom stereocenters. The van der Waals surface area contributed by atoms with Crippen molar-refractivity contribution in [3.8, 4) is 6.07 Å². The van der Waals surface area contributed by atoms with E-state index in [9.17, 15) is 0 Å². The highest BCUT2D eigenvalue weighted by Crippen LogP contribution is 2.37. The van der Waals surface area contributed by atoms with Crippen LogP contribution in [0.4, 0.5) is 5.69 Å². The Kier molecular flexibility index (Phi) is 6.46. The number of nitriles is 1. The Morgan fingerprint density at radius 2 is 1.73 bits per heavy atom. The van der Waals surface area contributed by atoms with E-state index in [4.69, 9.17) is 40.1 Å². The Morgan fingerprint density at radius 3 is 2.40 bits per heavy atom. The average Bonchev–Trinajstić information content (AvgIpc) is 2.75. The number of nitrogens with zero attached hydrogens (tertiary/aromatic N) is 4. The molecule has 1 aromatic heterocycles. The minimum atomic E-state index is 0.105. The molecule has 7 heteroatoms. The van der Waals surface area contributed by atoms with Gasteiger partial charge in [-0.3, -0.25) is 9.88 Å². The van der Waals surface area contributed by atoms with Gasteiger partial charge < -0.3 is 4.90 Å². The largest absolute Gasteiger partial charge is 0.361 e. The van der Waals surface area contributed by atoms with Crippen molar-refractivity contribution >= 4 is 40.5 Å². The third-order valence-electron chi connectivity index (χ3n) is 5.28. The Bertz CT molecular complexity index is 1060. The van der Waals surface area contributed by atoms with E-state index in [2.05, 4.69) is 33.0 Å². The van der Waals surface area contributed by atoms with Gasteiger partial charge in [-0.1, -0.05) is 46.9 Å². The van der Waals surface area contributed by atoms with Crippen LogP contribution in [0.5, 0.6) is 0 Å². The van der Waals surface area contributed by atoms with Crippen LogP contribution in [0.25, 0.3) is 0 Å². The standard InChI is InChI=1S/C23H19Cl3N4/c24-18-4-2-17(3-5-18)23-15-29(14-20-7-1-16(12-27)13-28-20)9-10-30(23)22-8-6-19(25)11-21(22)26/h1-8,11,13,23H,9-10,14-15H2. The molecule has 1 aliphatic rings. The van der Waals surface area contributed by atoms with Crippen molar-refractivity contribution in [3.05, 3.63) is 92.7 Å². The van der Waals surface area contributed by atoms with Crippen molar-refractivity contribution in [2.45, 2.75) is 12.6 Å². The summed E-state index contributed by atoms with van der Waals surface area (Å²) in [6.07, 6.45) is 1.62. The molecule has 1 aliphatic heterocycles. The highest BCUT2D eigenvalue weighted by Gasteiger charge is 2.30. The second-order valence-corrected chi connectivity index (χ2v) is 8.52. The number of piperazine rings is 1. The van der Waals surface area contributed by atoms with E-state index in [-0.39, 0.29) is 6.04 Å². The highest BCUT2D eigenvalue weighted by molar-refractivity contribution is 6.36. The lowest BCUT2D eigenvalue weighted by atomic mass is 10.0. The van der Waals surface area contributed by atoms with Crippen molar-refractivity contribution in [1.82, 2.24) is 9.88 Å². The van der Waals surface area contributed by atoms with Crippen LogP contribution in [-0.2, 0) is 6.54 Å². The van der Waals surface area contributed by atoms with Gasteiger partial charge in [0.05, 0.1) is 28.0 Å². The van der Waals surface area contributed by atoms with Crippen LogP contribution in [0.15, 0.2) is 60.8 Å². The molecule has 1 fully saturated rings. The van der Waals surface area contributed by atoms with E-state index in [1.54, 1.807) is 12.3 Å². The summed E-state index contributed by atoms with van der Waals surface area (Å²) < 4.78 is 0. The van der Waals surface area contributed by atoms with Crippen molar-refractivity contribution in [1.29, 1.82) is 5.26 Å². The molecule has 0 radical (unpaired) electrons. The molecule has 30 heavy (non-hydrogen) atoms. The summed E-state index contributed by atoms with van der Waals surface area (Å²) in [5, 5.41) is 10.9. The Balaban J connectivity index is 1.60. The van der Waals surface area contributed by atoms with Crippen LogP contribution < -0.4 is 4.90 Å². The number of rotatable bonds is 4. The third-order valence-corrected chi connectivity index (χ3v) is 6.07. The molecular formula is C23H19Cl3N4. The molecule has 2 aromatic carbocycles. The second kappa shape index (κ2) is 9.24. The van der Waals surface area contributed by atoms with Crippen LogP contribution >= 0.6 is 34.8 Å². The van der Waals surface area contributed by atoms with Crippen LogP contribution in [0.1, 0.15) is 22.9 Å². The predicted molar refractivity (Wildman–Crippen MR) is 122 cm³/mol. The highest BCUT2D eigenvalue weighted by atomic mass is 35.5. The van der Waals surface area contributed by atoms with Gasteiger partial charge in [0.2, 0.25) is 0 Å². The smallest absolute Gasteiger partial charge is 0.101 e. The van der Waals surface area contributed by atoms with Gasteiger partial charge in [0.15, 0.2) is 0 Å². The van der Waals surface area contributed by atoms with Crippen LogP contribution in [0.3, 0.4) is 0 Å². The number of pyridine rings is 1. The lowest BCUT2D eigenvalue weighted by Gasteiger charge is -2.43. The zero-order chi connectivity index (χ0) is 21.1. The third kappa shape index (κ3) is 4.71. The zero-order valence-electron chi connectivity index (χ0n) is 16.1. The summed E-state index contributed by atoms with van der Waals surface area (Å²) in [5.74, 6) is 0. The predicted octanol–water partition coefficient (Wildman–Crippen LogP) is 5.98. The van der Waals surface area contributed by atoms with Gasteiger partial charge in [-0.05, 0) is 48.0 Å². The molecule has 0 spiro atoms. The SMILES string of the molecule is N#Cc1ccc(CN2CCN(c3ccc(Cl)cc3Cl)C(c3ccc(Cl)cc3)C2)nc1. The van der Waals surface area contributed by atoms with Gasteiger partial charge in [-0.15, -0.1) is 0 Å². The van der Waals surface area contributed by atoms with E-state index in [0.29, 0.717) is 20.6 Å². The fraction of sp³-hybridized carbons (Fsp3) is 0.217. The van der Waals surface area contributed by atoms with Gasteiger partial charge >= 0.3 is 0 Å². The number of benzene rings is 2. The molecular weight excluding hydrogens is 439 g/mol. The van der Waals surface area contributed by atoms with E-state index in [1.165, 1.54) is 5.56 Å². The summed E-state index contributed by atoms with van der Waals surface area (Å²) in [5.41, 5.74) is 3.65. The molecule has 0 aliphatic carbocycles. The molecule has 2 heterocycles. The number of anilines is 1. The molecule has 1 saturated heterocycles. The van der Waals surface area contributed by atoms with Crippen molar-refractivity contribution in [3.63, 3.8) is 0 Å². The molecule has 0 N–H and O–H groups in total. The first-order valence-corrected chi connectivity index (χ1v) is 10.7. The monoisotopic (exact) mass is 456 g/mol. The van der Waals surface area contributed by atoms with Crippen LogP contribution in [-0.4, -0.2) is 29.5 Å². The molecule has 1 unspecified atom stereocenters. The van der Waals surface area contributed by atoms with Gasteiger partial charge in [-0.2, -0.15) is 5.26 Å². The lowest BCUT2D eigenvalue weighted by Crippen LogP contribution is -2.48. The minimum Gasteiger partial charge on any atom is -0.361 e. The second-order valence-electron chi connectivity index (χ2n) is 7.24. The quantitative estimate of drug-likeness (QED) is 0.483. The van der Waals surface area contributed by atoms with Crippen LogP contribution in [0.2, 0.25) is 15.1 Å². The Hall–Kier alpha value is -2.29. The summed E-state index contributed by atoms with van der Waals surface area (Å²) in [6.45, 7) is 3.20. The first-order chi connectivity index (χ1) is 14.5.